The van der Waals surface area contributed by atoms with E-state index in [1.807, 2.05) is 6.92 Å². The Kier molecular flexibility index (Phi) is 6.61. The molecule has 1 aromatic rings. The van der Waals surface area contributed by atoms with Crippen LogP contribution >= 0.6 is 23.2 Å². The molecule has 0 bridgehead atoms. The van der Waals surface area contributed by atoms with Gasteiger partial charge in [0.05, 0.1) is 10.0 Å². The number of amides is 3. The fourth-order valence-electron chi connectivity index (χ4n) is 1.40. The van der Waals surface area contributed by atoms with Crippen molar-refractivity contribution in [3.63, 3.8) is 0 Å². The van der Waals surface area contributed by atoms with E-state index >= 15 is 0 Å². The van der Waals surface area contributed by atoms with Crippen molar-refractivity contribution in [2.24, 2.45) is 0 Å². The van der Waals surface area contributed by atoms with Gasteiger partial charge in [0.25, 0.3) is 0 Å². The molecule has 1 unspecified atom stereocenters. The predicted octanol–water partition coefficient (Wildman–Crippen LogP) is 3.03. The Morgan fingerprint density at radius 3 is 2.55 bits per heavy atom. The molecule has 20 heavy (non-hydrogen) atoms. The van der Waals surface area contributed by atoms with Crippen LogP contribution in [0.2, 0.25) is 10.0 Å². The predicted molar refractivity (Wildman–Crippen MR) is 81.4 cm³/mol. The maximum Gasteiger partial charge on any atom is 0.319 e. The molecule has 0 saturated heterocycles. The van der Waals surface area contributed by atoms with Crippen LogP contribution < -0.4 is 16.0 Å². The second-order valence-corrected chi connectivity index (χ2v) is 5.05. The fourth-order valence-corrected chi connectivity index (χ4v) is 1.70. The van der Waals surface area contributed by atoms with Gasteiger partial charge in [0.1, 0.15) is 6.04 Å². The Bertz CT molecular complexity index is 495. The van der Waals surface area contributed by atoms with Gasteiger partial charge < -0.3 is 16.0 Å². The molecule has 3 amide bonds. The number of halogens is 2. The Labute approximate surface area is 128 Å². The number of benzene rings is 1. The van der Waals surface area contributed by atoms with Gasteiger partial charge in [0.15, 0.2) is 0 Å². The van der Waals surface area contributed by atoms with Crippen molar-refractivity contribution in [3.05, 3.63) is 28.2 Å². The average Bonchev–Trinajstić information content (AvgIpc) is 2.40. The average molecular weight is 318 g/mol. The van der Waals surface area contributed by atoms with Crippen molar-refractivity contribution in [1.82, 2.24) is 10.6 Å². The summed E-state index contributed by atoms with van der Waals surface area (Å²) in [5, 5.41) is 8.56. The fraction of sp³-hybridized carbons (Fsp3) is 0.385. The minimum Gasteiger partial charge on any atom is -0.354 e. The maximum atomic E-state index is 11.7. The lowest BCUT2D eigenvalue weighted by Crippen LogP contribution is -2.46. The highest BCUT2D eigenvalue weighted by Crippen LogP contribution is 2.24. The van der Waals surface area contributed by atoms with Gasteiger partial charge in [-0.15, -0.1) is 0 Å². The van der Waals surface area contributed by atoms with Crippen LogP contribution in [0.25, 0.3) is 0 Å². The van der Waals surface area contributed by atoms with Gasteiger partial charge in [-0.25, -0.2) is 4.79 Å². The minimum absolute atomic E-state index is 0.226. The van der Waals surface area contributed by atoms with E-state index in [1.54, 1.807) is 19.1 Å². The third kappa shape index (κ3) is 5.27. The van der Waals surface area contributed by atoms with Crippen molar-refractivity contribution >= 4 is 40.8 Å². The van der Waals surface area contributed by atoms with E-state index < -0.39 is 12.1 Å². The number of anilines is 1. The molecule has 7 heteroatoms. The summed E-state index contributed by atoms with van der Waals surface area (Å²) in [5.74, 6) is -0.226. The van der Waals surface area contributed by atoms with Gasteiger partial charge in [0, 0.05) is 12.2 Å². The number of urea groups is 1. The van der Waals surface area contributed by atoms with E-state index in [0.717, 1.165) is 6.42 Å². The summed E-state index contributed by atoms with van der Waals surface area (Å²) in [4.78, 5) is 23.3. The molecule has 0 radical (unpaired) electrons. The highest BCUT2D eigenvalue weighted by atomic mass is 35.5. The summed E-state index contributed by atoms with van der Waals surface area (Å²) in [6.07, 6.45) is 0.841. The van der Waals surface area contributed by atoms with Crippen molar-refractivity contribution < 1.29 is 9.59 Å². The molecule has 0 fully saturated rings. The van der Waals surface area contributed by atoms with E-state index in [-0.39, 0.29) is 5.91 Å². The molecular weight excluding hydrogens is 301 g/mol. The van der Waals surface area contributed by atoms with Crippen molar-refractivity contribution in [2.75, 3.05) is 11.9 Å². The lowest BCUT2D eigenvalue weighted by Gasteiger charge is -2.14. The molecule has 0 spiro atoms. The van der Waals surface area contributed by atoms with Crippen molar-refractivity contribution in [1.29, 1.82) is 0 Å². The number of carbonyl (C=O) groups is 2. The zero-order valence-electron chi connectivity index (χ0n) is 11.3. The van der Waals surface area contributed by atoms with Crippen LogP contribution in [0.4, 0.5) is 10.5 Å². The summed E-state index contributed by atoms with van der Waals surface area (Å²) in [5.41, 5.74) is 0.498. The number of rotatable bonds is 5. The van der Waals surface area contributed by atoms with E-state index in [0.29, 0.717) is 22.3 Å². The first kappa shape index (κ1) is 16.6. The second kappa shape index (κ2) is 7.97. The molecule has 1 rings (SSSR count). The first-order valence-corrected chi connectivity index (χ1v) is 7.00. The van der Waals surface area contributed by atoms with Crippen LogP contribution in [-0.2, 0) is 4.79 Å². The summed E-state index contributed by atoms with van der Waals surface area (Å²) in [6.45, 7) is 4.15. The summed E-state index contributed by atoms with van der Waals surface area (Å²) in [7, 11) is 0. The molecule has 0 aliphatic rings. The molecular formula is C13H17Cl2N3O2. The molecule has 0 aliphatic heterocycles. The lowest BCUT2D eigenvalue weighted by molar-refractivity contribution is -0.122. The highest BCUT2D eigenvalue weighted by molar-refractivity contribution is 6.42. The Balaban J connectivity index is 2.50. The summed E-state index contributed by atoms with van der Waals surface area (Å²) >= 11 is 11.6. The Morgan fingerprint density at radius 2 is 1.95 bits per heavy atom. The van der Waals surface area contributed by atoms with E-state index in [9.17, 15) is 9.59 Å². The Morgan fingerprint density at radius 1 is 1.25 bits per heavy atom. The normalized spacial score (nSPS) is 11.6. The number of hydrogen-bond acceptors (Lipinski definition) is 2. The van der Waals surface area contributed by atoms with Crippen LogP contribution in [0.1, 0.15) is 20.3 Å². The molecule has 5 nitrogen and oxygen atoms in total. The van der Waals surface area contributed by atoms with Crippen LogP contribution in [-0.4, -0.2) is 24.5 Å². The van der Waals surface area contributed by atoms with Gasteiger partial charge in [-0.3, -0.25) is 4.79 Å². The SMILES string of the molecule is CCCNC(=O)C(C)NC(=O)Nc1ccc(Cl)c(Cl)c1. The second-order valence-electron chi connectivity index (χ2n) is 4.24. The first-order chi connectivity index (χ1) is 9.43. The summed E-state index contributed by atoms with van der Waals surface area (Å²) in [6, 6.07) is 3.63. The molecule has 0 aliphatic carbocycles. The lowest BCUT2D eigenvalue weighted by atomic mass is 10.3. The number of hydrogen-bond donors (Lipinski definition) is 3. The zero-order chi connectivity index (χ0) is 15.1. The van der Waals surface area contributed by atoms with Crippen LogP contribution in [0.15, 0.2) is 18.2 Å². The van der Waals surface area contributed by atoms with E-state index in [1.165, 1.54) is 6.07 Å². The molecule has 110 valence electrons. The Hall–Kier alpha value is -1.46. The van der Waals surface area contributed by atoms with Crippen LogP contribution in [0, 0.1) is 0 Å². The quantitative estimate of drug-likeness (QED) is 0.781. The summed E-state index contributed by atoms with van der Waals surface area (Å²) < 4.78 is 0. The van der Waals surface area contributed by atoms with Gasteiger partial charge in [-0.1, -0.05) is 30.1 Å². The van der Waals surface area contributed by atoms with Crippen molar-refractivity contribution in [2.45, 2.75) is 26.3 Å². The molecule has 1 atom stereocenters. The molecule has 0 heterocycles. The van der Waals surface area contributed by atoms with Gasteiger partial charge in [-0.05, 0) is 31.5 Å². The third-order valence-electron chi connectivity index (χ3n) is 2.47. The number of carbonyl (C=O) groups excluding carboxylic acids is 2. The molecule has 0 saturated carbocycles. The molecule has 0 aromatic heterocycles. The van der Waals surface area contributed by atoms with Gasteiger partial charge in [-0.2, -0.15) is 0 Å². The van der Waals surface area contributed by atoms with Gasteiger partial charge in [0.2, 0.25) is 5.91 Å². The molecule has 1 aromatic carbocycles. The highest BCUT2D eigenvalue weighted by Gasteiger charge is 2.14. The monoisotopic (exact) mass is 317 g/mol. The maximum absolute atomic E-state index is 11.7. The topological polar surface area (TPSA) is 70.2 Å². The first-order valence-electron chi connectivity index (χ1n) is 6.24. The van der Waals surface area contributed by atoms with Crippen LogP contribution in [0.3, 0.4) is 0 Å². The standard InChI is InChI=1S/C13H17Cl2N3O2/c1-3-6-16-12(19)8(2)17-13(20)18-9-4-5-10(14)11(15)7-9/h4-5,7-8H,3,6H2,1-2H3,(H,16,19)(H2,17,18,20). The molecule has 3 N–H and O–H groups in total. The number of nitrogens with one attached hydrogen (secondary N) is 3. The zero-order valence-corrected chi connectivity index (χ0v) is 12.8. The smallest absolute Gasteiger partial charge is 0.319 e. The van der Waals surface area contributed by atoms with E-state index in [4.69, 9.17) is 23.2 Å². The van der Waals surface area contributed by atoms with E-state index in [2.05, 4.69) is 16.0 Å². The van der Waals surface area contributed by atoms with Crippen LogP contribution in [0.5, 0.6) is 0 Å². The van der Waals surface area contributed by atoms with Crippen molar-refractivity contribution in [3.8, 4) is 0 Å². The minimum atomic E-state index is -0.621. The third-order valence-corrected chi connectivity index (χ3v) is 3.21. The van der Waals surface area contributed by atoms with Gasteiger partial charge >= 0.3 is 6.03 Å². The largest absolute Gasteiger partial charge is 0.354 e.